The number of nitrogens with zero attached hydrogens (tertiary/aromatic N) is 3. The Morgan fingerprint density at radius 2 is 1.60 bits per heavy atom. The molecule has 0 saturated heterocycles. The average Bonchev–Trinajstić information content (AvgIpc) is 3.31. The number of pyridine rings is 1. The second-order valence-electron chi connectivity index (χ2n) is 9.86. The molecule has 0 aliphatic heterocycles. The Morgan fingerprint density at radius 1 is 0.925 bits per heavy atom. The maximum absolute atomic E-state index is 12.6. The number of carbonyl (C=O) groups excluding carboxylic acids is 2. The zero-order chi connectivity index (χ0) is 28.8. The zero-order valence-corrected chi connectivity index (χ0v) is 23.3. The second-order valence-corrected chi connectivity index (χ2v) is 9.86. The molecule has 11 heteroatoms. The van der Waals surface area contributed by atoms with Crippen molar-refractivity contribution < 1.29 is 28.5 Å². The summed E-state index contributed by atoms with van der Waals surface area (Å²) in [6, 6.07) is 11.0. The third-order valence-electron chi connectivity index (χ3n) is 5.49. The van der Waals surface area contributed by atoms with Crippen LogP contribution < -0.4 is 10.6 Å². The fourth-order valence-corrected chi connectivity index (χ4v) is 3.68. The number of benzene rings is 1. The quantitative estimate of drug-likeness (QED) is 0.217. The number of rotatable bonds is 15. The lowest BCUT2D eigenvalue weighted by atomic mass is 10.2. The Morgan fingerprint density at radius 3 is 2.27 bits per heavy atom. The van der Waals surface area contributed by atoms with E-state index in [1.165, 1.54) is 0 Å². The molecular formula is C29H37N5O6. The van der Waals surface area contributed by atoms with Crippen molar-refractivity contribution in [3.63, 3.8) is 0 Å². The van der Waals surface area contributed by atoms with Gasteiger partial charge in [-0.25, -0.2) is 9.64 Å². The van der Waals surface area contributed by atoms with E-state index in [1.54, 1.807) is 45.2 Å². The first kappa shape index (κ1) is 30.6. The Kier molecular flexibility index (Phi) is 11.9. The standard InChI is InChI=1S/C29H37N5O6/c1-29(2,3)40-28(36)33-11-14-38-16-18-39-17-15-37-13-10-32-27(35)23-7-9-31-25(19-23)21-34-12-8-22-5-6-24(30-4)20-26(22)34/h5-9,12,19-20H,10-11,13-18,21H2,1-3H3,(H,32,35)(H,33,36). The SMILES string of the molecule is [C-]#[N+]c1ccc2ccn(Cc3cc(C(=O)NCCOCCOCCOCCNC(=O)OC(C)(C)C)ccn3)c2c1. The molecule has 2 heterocycles. The van der Waals surface area contributed by atoms with E-state index in [9.17, 15) is 9.59 Å². The van der Waals surface area contributed by atoms with Gasteiger partial charge in [0.25, 0.3) is 5.91 Å². The summed E-state index contributed by atoms with van der Waals surface area (Å²) in [6.45, 7) is 16.2. The van der Waals surface area contributed by atoms with Crippen LogP contribution in [0.5, 0.6) is 0 Å². The molecule has 3 aromatic rings. The number of nitrogens with one attached hydrogen (secondary N) is 2. The molecule has 0 aliphatic carbocycles. The van der Waals surface area contributed by atoms with Crippen LogP contribution in [0, 0.1) is 6.57 Å². The zero-order valence-electron chi connectivity index (χ0n) is 23.3. The third kappa shape index (κ3) is 10.6. The first-order valence-electron chi connectivity index (χ1n) is 13.1. The van der Waals surface area contributed by atoms with Crippen LogP contribution in [0.1, 0.15) is 36.8 Å². The number of amides is 2. The minimum atomic E-state index is -0.525. The molecule has 0 bridgehead atoms. The van der Waals surface area contributed by atoms with Gasteiger partial charge in [0.15, 0.2) is 5.69 Å². The van der Waals surface area contributed by atoms with Gasteiger partial charge in [0.1, 0.15) is 5.60 Å². The first-order valence-corrected chi connectivity index (χ1v) is 13.1. The number of fused-ring (bicyclic) bond motifs is 1. The molecule has 2 N–H and O–H groups in total. The van der Waals surface area contributed by atoms with Gasteiger partial charge in [-0.2, -0.15) is 0 Å². The normalized spacial score (nSPS) is 11.2. The molecule has 0 unspecified atom stereocenters. The number of aromatic nitrogens is 2. The second kappa shape index (κ2) is 15.6. The van der Waals surface area contributed by atoms with Crippen molar-refractivity contribution in [2.24, 2.45) is 0 Å². The van der Waals surface area contributed by atoms with Crippen LogP contribution in [-0.2, 0) is 25.5 Å². The van der Waals surface area contributed by atoms with Gasteiger partial charge in [-0.3, -0.25) is 9.78 Å². The largest absolute Gasteiger partial charge is 0.444 e. The lowest BCUT2D eigenvalue weighted by molar-refractivity contribution is 0.0145. The molecule has 2 aromatic heterocycles. The fraction of sp³-hybridized carbons (Fsp3) is 0.448. The highest BCUT2D eigenvalue weighted by Gasteiger charge is 2.15. The van der Waals surface area contributed by atoms with Crippen molar-refractivity contribution in [1.29, 1.82) is 0 Å². The highest BCUT2D eigenvalue weighted by molar-refractivity contribution is 5.94. The Labute approximate surface area is 234 Å². The molecule has 11 nitrogen and oxygen atoms in total. The van der Waals surface area contributed by atoms with E-state index in [0.29, 0.717) is 70.5 Å². The van der Waals surface area contributed by atoms with Gasteiger partial charge in [0.05, 0.1) is 58.5 Å². The summed E-state index contributed by atoms with van der Waals surface area (Å²) < 4.78 is 23.5. The van der Waals surface area contributed by atoms with Crippen LogP contribution in [0.3, 0.4) is 0 Å². The van der Waals surface area contributed by atoms with Gasteiger partial charge in [0.2, 0.25) is 0 Å². The van der Waals surface area contributed by atoms with E-state index in [1.807, 2.05) is 29.0 Å². The fourth-order valence-electron chi connectivity index (χ4n) is 3.68. The van der Waals surface area contributed by atoms with Crippen LogP contribution in [-0.4, -0.2) is 79.9 Å². The van der Waals surface area contributed by atoms with Gasteiger partial charge in [-0.15, -0.1) is 0 Å². The van der Waals surface area contributed by atoms with Crippen molar-refractivity contribution in [3.05, 3.63) is 71.5 Å². The number of alkyl carbamates (subject to hydrolysis) is 1. The minimum Gasteiger partial charge on any atom is -0.444 e. The van der Waals surface area contributed by atoms with E-state index >= 15 is 0 Å². The highest BCUT2D eigenvalue weighted by Crippen LogP contribution is 2.23. The molecule has 3 rings (SSSR count). The number of hydrogen-bond donors (Lipinski definition) is 2. The molecule has 2 amide bonds. The Balaban J connectivity index is 1.24. The highest BCUT2D eigenvalue weighted by atomic mass is 16.6. The first-order chi connectivity index (χ1) is 19.2. The van der Waals surface area contributed by atoms with Gasteiger partial charge >= 0.3 is 6.09 Å². The summed E-state index contributed by atoms with van der Waals surface area (Å²) in [6.07, 6.45) is 3.11. The maximum atomic E-state index is 12.6. The van der Waals surface area contributed by atoms with Crippen LogP contribution in [0.25, 0.3) is 15.7 Å². The van der Waals surface area contributed by atoms with E-state index in [0.717, 1.165) is 16.6 Å². The molecule has 0 spiro atoms. The van der Waals surface area contributed by atoms with Crippen molar-refractivity contribution in [1.82, 2.24) is 20.2 Å². The molecule has 0 saturated carbocycles. The van der Waals surface area contributed by atoms with Crippen molar-refractivity contribution in [2.75, 3.05) is 52.7 Å². The van der Waals surface area contributed by atoms with Crippen LogP contribution in [0.4, 0.5) is 10.5 Å². The molecule has 0 fully saturated rings. The molecule has 0 atom stereocenters. The Bertz CT molecular complexity index is 1290. The van der Waals surface area contributed by atoms with Crippen LogP contribution >= 0.6 is 0 Å². The lowest BCUT2D eigenvalue weighted by Crippen LogP contribution is -2.34. The third-order valence-corrected chi connectivity index (χ3v) is 5.49. The maximum Gasteiger partial charge on any atom is 0.407 e. The molecule has 0 aliphatic rings. The lowest BCUT2D eigenvalue weighted by Gasteiger charge is -2.19. The summed E-state index contributed by atoms with van der Waals surface area (Å²) in [5.74, 6) is -0.200. The number of carbonyl (C=O) groups is 2. The summed E-state index contributed by atoms with van der Waals surface area (Å²) in [7, 11) is 0. The van der Waals surface area contributed by atoms with E-state index in [4.69, 9.17) is 25.5 Å². The van der Waals surface area contributed by atoms with E-state index < -0.39 is 11.7 Å². The van der Waals surface area contributed by atoms with E-state index in [-0.39, 0.29) is 5.91 Å². The molecule has 214 valence electrons. The topological polar surface area (TPSA) is 117 Å². The average molecular weight is 552 g/mol. The van der Waals surface area contributed by atoms with Gasteiger partial charge in [-0.1, -0.05) is 12.1 Å². The van der Waals surface area contributed by atoms with E-state index in [2.05, 4.69) is 20.5 Å². The van der Waals surface area contributed by atoms with Crippen molar-refractivity contribution in [3.8, 4) is 0 Å². The molecule has 0 radical (unpaired) electrons. The molecule has 1 aromatic carbocycles. The summed E-state index contributed by atoms with van der Waals surface area (Å²) in [5, 5.41) is 6.52. The number of hydrogen-bond acceptors (Lipinski definition) is 7. The van der Waals surface area contributed by atoms with Crippen molar-refractivity contribution in [2.45, 2.75) is 32.9 Å². The molecule has 40 heavy (non-hydrogen) atoms. The summed E-state index contributed by atoms with van der Waals surface area (Å²) in [4.78, 5) is 32.0. The molecular weight excluding hydrogens is 514 g/mol. The van der Waals surface area contributed by atoms with Crippen molar-refractivity contribution >= 4 is 28.6 Å². The summed E-state index contributed by atoms with van der Waals surface area (Å²) >= 11 is 0. The monoisotopic (exact) mass is 551 g/mol. The van der Waals surface area contributed by atoms with Gasteiger partial charge in [-0.05, 0) is 50.4 Å². The predicted octanol–water partition coefficient (Wildman–Crippen LogP) is 3.94. The van der Waals surface area contributed by atoms with Crippen LogP contribution in [0.2, 0.25) is 0 Å². The predicted molar refractivity (Wildman–Crippen MR) is 151 cm³/mol. The van der Waals surface area contributed by atoms with Gasteiger partial charge < -0.3 is 34.1 Å². The summed E-state index contributed by atoms with van der Waals surface area (Å²) in [5.41, 5.74) is 2.27. The van der Waals surface area contributed by atoms with Crippen LogP contribution in [0.15, 0.2) is 48.8 Å². The smallest absolute Gasteiger partial charge is 0.407 e. The van der Waals surface area contributed by atoms with Gasteiger partial charge in [0, 0.05) is 36.6 Å². The Hall–Kier alpha value is -3.98. The minimum absolute atomic E-state index is 0.200. The number of ether oxygens (including phenoxy) is 4.